The third-order valence-electron chi connectivity index (χ3n) is 6.01. The van der Waals surface area contributed by atoms with Gasteiger partial charge in [0.25, 0.3) is 5.91 Å². The second-order valence-electron chi connectivity index (χ2n) is 8.28. The molecule has 0 unspecified atom stereocenters. The summed E-state index contributed by atoms with van der Waals surface area (Å²) >= 11 is 0. The van der Waals surface area contributed by atoms with Crippen LogP contribution in [0.2, 0.25) is 0 Å². The minimum Gasteiger partial charge on any atom is -0.494 e. The summed E-state index contributed by atoms with van der Waals surface area (Å²) in [5.41, 5.74) is -0.488. The number of carbonyl (C=O) groups is 3. The number of nitrogens with one attached hydrogen (secondary N) is 2. The van der Waals surface area contributed by atoms with Gasteiger partial charge >= 0.3 is 0 Å². The molecule has 0 saturated heterocycles. The molecule has 0 fully saturated rings. The van der Waals surface area contributed by atoms with E-state index in [9.17, 15) is 24.0 Å². The Bertz CT molecular complexity index is 1050. The van der Waals surface area contributed by atoms with Crippen LogP contribution < -0.4 is 15.4 Å². The molecule has 196 valence electrons. The fraction of sp³-hybridized carbons (Fsp3) is 0.423. The highest BCUT2D eigenvalue weighted by atomic mass is 19.1. The average Bonchev–Trinajstić information content (AvgIpc) is 2.88. The molecule has 8 nitrogen and oxygen atoms in total. The molecular formula is C26H33F2N3O5. The molecule has 2 rings (SSSR count). The van der Waals surface area contributed by atoms with E-state index in [0.717, 1.165) is 19.3 Å². The maximum absolute atomic E-state index is 15.2. The lowest BCUT2D eigenvalue weighted by atomic mass is 9.90. The van der Waals surface area contributed by atoms with Crippen molar-refractivity contribution in [3.8, 4) is 16.9 Å². The quantitative estimate of drug-likeness (QED) is 0.117. The highest BCUT2D eigenvalue weighted by molar-refractivity contribution is 5.96. The van der Waals surface area contributed by atoms with E-state index in [2.05, 4.69) is 10.6 Å². The van der Waals surface area contributed by atoms with Gasteiger partial charge in [0.1, 0.15) is 5.82 Å². The van der Waals surface area contributed by atoms with Gasteiger partial charge < -0.3 is 15.4 Å². The van der Waals surface area contributed by atoms with Gasteiger partial charge in [0.2, 0.25) is 12.3 Å². The zero-order valence-electron chi connectivity index (χ0n) is 20.7. The lowest BCUT2D eigenvalue weighted by Gasteiger charge is -2.29. The number of unbranched alkanes of at least 4 members (excludes halogenated alkanes) is 2. The zero-order valence-corrected chi connectivity index (χ0v) is 20.7. The predicted octanol–water partition coefficient (Wildman–Crippen LogP) is 4.27. The van der Waals surface area contributed by atoms with E-state index in [1.807, 2.05) is 6.92 Å². The molecule has 2 atom stereocenters. The monoisotopic (exact) mass is 505 g/mol. The van der Waals surface area contributed by atoms with Crippen LogP contribution in [0.1, 0.15) is 56.3 Å². The van der Waals surface area contributed by atoms with Crippen LogP contribution >= 0.6 is 0 Å². The first-order valence-electron chi connectivity index (χ1n) is 11.9. The largest absolute Gasteiger partial charge is 0.494 e. The molecule has 3 N–H and O–H groups in total. The maximum atomic E-state index is 15.2. The number of hydrogen-bond donors (Lipinski definition) is 3. The first kappa shape index (κ1) is 28.7. The standard InChI is InChI=1S/C26H33F2N3O5/c1-4-6-7-10-19(21(5-2)31(35)16-32)25(33)29-15-30-26(34)20-13-8-11-17(23(20)27)18-12-9-14-22(36-3)24(18)28/h8-9,11-14,16,19,21,35H,4-7,10,15H2,1-3H3,(H,29,33)(H,30,34)/t19-,21-/m1/s1. The Hall–Kier alpha value is -3.53. The molecule has 0 aromatic heterocycles. The molecule has 3 amide bonds. The van der Waals surface area contributed by atoms with E-state index < -0.39 is 35.4 Å². The molecule has 0 spiro atoms. The zero-order chi connectivity index (χ0) is 26.7. The number of nitrogens with zero attached hydrogens (tertiary/aromatic N) is 1. The fourth-order valence-electron chi connectivity index (χ4n) is 4.08. The number of hydroxylamine groups is 2. The molecule has 0 saturated carbocycles. The summed E-state index contributed by atoms with van der Waals surface area (Å²) in [4.78, 5) is 36.5. The molecular weight excluding hydrogens is 472 g/mol. The number of rotatable bonds is 14. The fourth-order valence-corrected chi connectivity index (χ4v) is 4.08. The Balaban J connectivity index is 2.12. The number of ether oxygens (including phenoxy) is 1. The predicted molar refractivity (Wildman–Crippen MR) is 130 cm³/mol. The number of hydrogen-bond acceptors (Lipinski definition) is 5. The van der Waals surface area contributed by atoms with Crippen LogP contribution in [0.15, 0.2) is 36.4 Å². The minimum atomic E-state index is -0.918. The Kier molecular flexibility index (Phi) is 11.3. The molecule has 0 bridgehead atoms. The van der Waals surface area contributed by atoms with Gasteiger partial charge in [0, 0.05) is 11.1 Å². The number of carbonyl (C=O) groups excluding carboxylic acids is 3. The van der Waals surface area contributed by atoms with Gasteiger partial charge in [-0.2, -0.15) is 0 Å². The SMILES string of the molecule is CCCCC[C@@H](C(=O)NCNC(=O)c1cccc(-c2cccc(OC)c2F)c1F)[C@@H](CC)N(O)C=O. The molecule has 0 heterocycles. The molecule has 2 aromatic carbocycles. The molecule has 0 radical (unpaired) electrons. The van der Waals surface area contributed by atoms with Gasteiger partial charge in [0.05, 0.1) is 31.3 Å². The highest BCUT2D eigenvalue weighted by Gasteiger charge is 2.30. The normalized spacial score (nSPS) is 12.4. The Morgan fingerprint density at radius 1 is 1.06 bits per heavy atom. The first-order chi connectivity index (χ1) is 17.3. The molecule has 0 aliphatic carbocycles. The first-order valence-corrected chi connectivity index (χ1v) is 11.9. The van der Waals surface area contributed by atoms with Crippen LogP contribution in [-0.4, -0.2) is 48.3 Å². The summed E-state index contributed by atoms with van der Waals surface area (Å²) < 4.78 is 34.8. The Morgan fingerprint density at radius 3 is 2.33 bits per heavy atom. The van der Waals surface area contributed by atoms with Crippen molar-refractivity contribution in [2.75, 3.05) is 13.8 Å². The number of benzene rings is 2. The van der Waals surface area contributed by atoms with Gasteiger partial charge in [-0.1, -0.05) is 57.4 Å². The van der Waals surface area contributed by atoms with Crippen molar-refractivity contribution in [1.82, 2.24) is 15.7 Å². The Morgan fingerprint density at radius 2 is 1.72 bits per heavy atom. The van der Waals surface area contributed by atoms with E-state index in [1.165, 1.54) is 43.5 Å². The van der Waals surface area contributed by atoms with Crippen molar-refractivity contribution in [2.24, 2.45) is 5.92 Å². The molecule has 10 heteroatoms. The number of amides is 3. The van der Waals surface area contributed by atoms with Crippen LogP contribution in [-0.2, 0) is 9.59 Å². The van der Waals surface area contributed by atoms with Crippen LogP contribution in [0.4, 0.5) is 8.78 Å². The second-order valence-corrected chi connectivity index (χ2v) is 8.28. The number of halogens is 2. The van der Waals surface area contributed by atoms with Crippen molar-refractivity contribution in [1.29, 1.82) is 0 Å². The summed E-state index contributed by atoms with van der Waals surface area (Å²) in [5, 5.41) is 15.4. The third-order valence-corrected chi connectivity index (χ3v) is 6.01. The average molecular weight is 506 g/mol. The topological polar surface area (TPSA) is 108 Å². The Labute approximate surface area is 209 Å². The van der Waals surface area contributed by atoms with Crippen LogP contribution in [0, 0.1) is 17.6 Å². The second kappa shape index (κ2) is 14.1. The van der Waals surface area contributed by atoms with Crippen LogP contribution in [0.25, 0.3) is 11.1 Å². The summed E-state index contributed by atoms with van der Waals surface area (Å²) in [6.45, 7) is 3.46. The van der Waals surface area contributed by atoms with Crippen LogP contribution in [0.5, 0.6) is 5.75 Å². The van der Waals surface area contributed by atoms with Crippen molar-refractivity contribution in [3.05, 3.63) is 53.6 Å². The lowest BCUT2D eigenvalue weighted by Crippen LogP contribution is -2.47. The van der Waals surface area contributed by atoms with Crippen molar-refractivity contribution >= 4 is 18.2 Å². The summed E-state index contributed by atoms with van der Waals surface area (Å²) in [6.07, 6.45) is 3.60. The molecule has 36 heavy (non-hydrogen) atoms. The summed E-state index contributed by atoms with van der Waals surface area (Å²) in [7, 11) is 1.30. The summed E-state index contributed by atoms with van der Waals surface area (Å²) in [5.74, 6) is -3.67. The smallest absolute Gasteiger partial charge is 0.255 e. The van der Waals surface area contributed by atoms with Gasteiger partial charge in [-0.3, -0.25) is 19.6 Å². The molecule has 2 aromatic rings. The van der Waals surface area contributed by atoms with Gasteiger partial charge in [-0.15, -0.1) is 0 Å². The lowest BCUT2D eigenvalue weighted by molar-refractivity contribution is -0.168. The van der Waals surface area contributed by atoms with Crippen molar-refractivity contribution in [2.45, 2.75) is 52.0 Å². The van der Waals surface area contributed by atoms with Gasteiger partial charge in [0.15, 0.2) is 11.6 Å². The van der Waals surface area contributed by atoms with Crippen LogP contribution in [0.3, 0.4) is 0 Å². The van der Waals surface area contributed by atoms with Crippen molar-refractivity contribution in [3.63, 3.8) is 0 Å². The maximum Gasteiger partial charge on any atom is 0.255 e. The van der Waals surface area contributed by atoms with Crippen molar-refractivity contribution < 1.29 is 33.1 Å². The van der Waals surface area contributed by atoms with Gasteiger partial charge in [-0.25, -0.2) is 13.8 Å². The van der Waals surface area contributed by atoms with E-state index in [4.69, 9.17) is 4.74 Å². The minimum absolute atomic E-state index is 0.0561. The number of methoxy groups -OCH3 is 1. The highest BCUT2D eigenvalue weighted by Crippen LogP contribution is 2.31. The molecule has 0 aliphatic heterocycles. The van der Waals surface area contributed by atoms with Gasteiger partial charge in [-0.05, 0) is 25.0 Å². The molecule has 0 aliphatic rings. The summed E-state index contributed by atoms with van der Waals surface area (Å²) in [6, 6.07) is 7.60. The van der Waals surface area contributed by atoms with E-state index in [0.29, 0.717) is 17.9 Å². The third kappa shape index (κ3) is 7.00. The van der Waals surface area contributed by atoms with E-state index in [1.54, 1.807) is 6.92 Å². The van der Waals surface area contributed by atoms with E-state index in [-0.39, 0.29) is 35.5 Å². The van der Waals surface area contributed by atoms with E-state index >= 15 is 4.39 Å².